The van der Waals surface area contributed by atoms with Gasteiger partial charge in [0, 0.05) is 22.7 Å². The van der Waals surface area contributed by atoms with Gasteiger partial charge in [-0.05, 0) is 42.1 Å². The molecule has 5 heteroatoms. The average Bonchev–Trinajstić information content (AvgIpc) is 3.22. The van der Waals surface area contributed by atoms with Crippen LogP contribution >= 0.6 is 22.9 Å². The van der Waals surface area contributed by atoms with Crippen molar-refractivity contribution in [2.45, 2.75) is 19.4 Å². The van der Waals surface area contributed by atoms with E-state index in [4.69, 9.17) is 11.6 Å². The molecule has 128 valence electrons. The van der Waals surface area contributed by atoms with Crippen molar-refractivity contribution in [3.63, 3.8) is 0 Å². The van der Waals surface area contributed by atoms with E-state index in [-0.39, 0.29) is 0 Å². The fourth-order valence-electron chi connectivity index (χ4n) is 3.79. The van der Waals surface area contributed by atoms with Crippen LogP contribution in [0.2, 0.25) is 5.28 Å². The maximum atomic E-state index is 6.29. The van der Waals surface area contributed by atoms with Gasteiger partial charge in [-0.25, -0.2) is 4.98 Å². The van der Waals surface area contributed by atoms with Crippen LogP contribution in [0.15, 0.2) is 60.0 Å². The zero-order chi connectivity index (χ0) is 17.7. The number of nitrogens with zero attached hydrogens (tertiary/aromatic N) is 3. The third kappa shape index (κ3) is 2.41. The first-order chi connectivity index (χ1) is 12.7. The molecule has 2 aromatic heterocycles. The van der Waals surface area contributed by atoms with Gasteiger partial charge in [0.1, 0.15) is 10.6 Å². The Hall–Kier alpha value is -2.43. The first-order valence-corrected chi connectivity index (χ1v) is 9.85. The molecule has 1 atom stereocenters. The van der Waals surface area contributed by atoms with E-state index in [0.29, 0.717) is 11.3 Å². The number of fused-ring (bicyclic) bond motifs is 2. The van der Waals surface area contributed by atoms with Crippen LogP contribution in [0.25, 0.3) is 21.3 Å². The van der Waals surface area contributed by atoms with Gasteiger partial charge < -0.3 is 4.90 Å². The minimum atomic E-state index is 0.297. The molecule has 0 spiro atoms. The second-order valence-electron chi connectivity index (χ2n) is 6.56. The lowest BCUT2D eigenvalue weighted by Crippen LogP contribution is -2.25. The largest absolute Gasteiger partial charge is 0.322 e. The molecular formula is C21H16ClN3S. The van der Waals surface area contributed by atoms with Crippen LogP contribution in [0.1, 0.15) is 12.5 Å². The zero-order valence-corrected chi connectivity index (χ0v) is 15.8. The van der Waals surface area contributed by atoms with Crippen LogP contribution in [0, 0.1) is 0 Å². The summed E-state index contributed by atoms with van der Waals surface area (Å²) in [6, 6.07) is 19.3. The number of hydrogen-bond acceptors (Lipinski definition) is 4. The smallest absolute Gasteiger partial charge is 0.225 e. The van der Waals surface area contributed by atoms with E-state index in [0.717, 1.165) is 28.0 Å². The molecule has 26 heavy (non-hydrogen) atoms. The lowest BCUT2D eigenvalue weighted by atomic mass is 10.1. The molecule has 1 aliphatic heterocycles. The molecule has 0 N–H and O–H groups in total. The predicted molar refractivity (Wildman–Crippen MR) is 110 cm³/mol. The second-order valence-corrected chi connectivity index (χ2v) is 7.76. The summed E-state index contributed by atoms with van der Waals surface area (Å²) in [4.78, 5) is 12.4. The second kappa shape index (κ2) is 6.08. The Bertz CT molecular complexity index is 1110. The molecule has 0 radical (unpaired) electrons. The number of anilines is 2. The lowest BCUT2D eigenvalue weighted by Gasteiger charge is -2.25. The summed E-state index contributed by atoms with van der Waals surface area (Å²) in [6.45, 7) is 2.23. The van der Waals surface area contributed by atoms with E-state index in [1.54, 1.807) is 11.3 Å². The summed E-state index contributed by atoms with van der Waals surface area (Å²) in [7, 11) is 0. The van der Waals surface area contributed by atoms with E-state index in [2.05, 4.69) is 75.7 Å². The van der Waals surface area contributed by atoms with Crippen LogP contribution in [0.5, 0.6) is 0 Å². The first kappa shape index (κ1) is 15.8. The quantitative estimate of drug-likeness (QED) is 0.395. The van der Waals surface area contributed by atoms with Crippen molar-refractivity contribution in [3.8, 4) is 11.1 Å². The molecule has 5 rings (SSSR count). The zero-order valence-electron chi connectivity index (χ0n) is 14.2. The van der Waals surface area contributed by atoms with Crippen LogP contribution in [0.4, 0.5) is 11.5 Å². The number of para-hydroxylation sites is 1. The summed E-state index contributed by atoms with van der Waals surface area (Å²) < 4.78 is 0. The van der Waals surface area contributed by atoms with Gasteiger partial charge in [-0.3, -0.25) is 0 Å². The standard InChI is InChI=1S/C21H16ClN3S/c1-13-11-15-9-5-6-10-17(15)25(13)19-18-16(14-7-3-2-4-8-14)12-26-20(18)24-21(22)23-19/h2-10,12-13H,11H2,1H3. The molecule has 0 aliphatic carbocycles. The number of hydrogen-bond donors (Lipinski definition) is 0. The predicted octanol–water partition coefficient (Wildman–Crippen LogP) is 6.09. The molecule has 0 fully saturated rings. The van der Waals surface area contributed by atoms with Crippen LogP contribution in [-0.2, 0) is 6.42 Å². The van der Waals surface area contributed by atoms with Crippen molar-refractivity contribution in [1.29, 1.82) is 0 Å². The van der Waals surface area contributed by atoms with Gasteiger partial charge >= 0.3 is 0 Å². The molecule has 0 bridgehead atoms. The number of halogens is 1. The summed E-state index contributed by atoms with van der Waals surface area (Å²) in [6.07, 6.45) is 1.00. The molecule has 1 aliphatic rings. The monoisotopic (exact) mass is 377 g/mol. The molecule has 3 nitrogen and oxygen atoms in total. The highest BCUT2D eigenvalue weighted by Gasteiger charge is 2.30. The summed E-state index contributed by atoms with van der Waals surface area (Å²) >= 11 is 7.91. The highest BCUT2D eigenvalue weighted by Crippen LogP contribution is 2.44. The number of benzene rings is 2. The van der Waals surface area contributed by atoms with Crippen molar-refractivity contribution in [1.82, 2.24) is 9.97 Å². The fourth-order valence-corrected chi connectivity index (χ4v) is 4.95. The van der Waals surface area contributed by atoms with Crippen molar-refractivity contribution >= 4 is 44.7 Å². The molecular weight excluding hydrogens is 362 g/mol. The van der Waals surface area contributed by atoms with Crippen LogP contribution in [-0.4, -0.2) is 16.0 Å². The highest BCUT2D eigenvalue weighted by molar-refractivity contribution is 7.17. The van der Waals surface area contributed by atoms with Gasteiger partial charge in [0.05, 0.1) is 5.39 Å². The average molecular weight is 378 g/mol. The van der Waals surface area contributed by atoms with Gasteiger partial charge in [-0.1, -0.05) is 48.5 Å². The fraction of sp³-hybridized carbons (Fsp3) is 0.143. The maximum Gasteiger partial charge on any atom is 0.225 e. The van der Waals surface area contributed by atoms with E-state index >= 15 is 0 Å². The Morgan fingerprint density at radius 1 is 1.04 bits per heavy atom. The molecule has 0 saturated carbocycles. The molecule has 4 aromatic rings. The minimum absolute atomic E-state index is 0.297. The minimum Gasteiger partial charge on any atom is -0.322 e. The Morgan fingerprint density at radius 3 is 2.65 bits per heavy atom. The summed E-state index contributed by atoms with van der Waals surface area (Å²) in [5.41, 5.74) is 4.89. The summed E-state index contributed by atoms with van der Waals surface area (Å²) in [5, 5.41) is 3.53. The van der Waals surface area contributed by atoms with Gasteiger partial charge in [0.15, 0.2) is 0 Å². The molecule has 0 amide bonds. The first-order valence-electron chi connectivity index (χ1n) is 8.59. The van der Waals surface area contributed by atoms with Gasteiger partial charge in [0.2, 0.25) is 5.28 Å². The number of thiophene rings is 1. The van der Waals surface area contributed by atoms with E-state index in [1.165, 1.54) is 16.8 Å². The Kier molecular flexibility index (Phi) is 3.69. The van der Waals surface area contributed by atoms with E-state index in [1.807, 2.05) is 6.07 Å². The molecule has 0 saturated heterocycles. The normalized spacial score (nSPS) is 16.2. The van der Waals surface area contributed by atoms with Gasteiger partial charge in [-0.15, -0.1) is 11.3 Å². The van der Waals surface area contributed by atoms with Crippen LogP contribution < -0.4 is 4.90 Å². The van der Waals surface area contributed by atoms with Crippen molar-refractivity contribution in [2.24, 2.45) is 0 Å². The van der Waals surface area contributed by atoms with E-state index < -0.39 is 0 Å². The molecule has 3 heterocycles. The van der Waals surface area contributed by atoms with Crippen LogP contribution in [0.3, 0.4) is 0 Å². The maximum absolute atomic E-state index is 6.29. The van der Waals surface area contributed by atoms with E-state index in [9.17, 15) is 0 Å². The molecule has 1 unspecified atom stereocenters. The SMILES string of the molecule is CC1Cc2ccccc2N1c1nc(Cl)nc2scc(-c3ccccc3)c12. The van der Waals surface area contributed by atoms with Crippen molar-refractivity contribution in [3.05, 3.63) is 70.8 Å². The summed E-state index contributed by atoms with van der Waals surface area (Å²) in [5.74, 6) is 0.901. The highest BCUT2D eigenvalue weighted by atomic mass is 35.5. The third-order valence-electron chi connectivity index (χ3n) is 4.91. The topological polar surface area (TPSA) is 29.0 Å². The number of rotatable bonds is 2. The number of aromatic nitrogens is 2. The van der Waals surface area contributed by atoms with Gasteiger partial charge in [-0.2, -0.15) is 4.98 Å². The Labute approximate surface area is 160 Å². The molecule has 2 aromatic carbocycles. The Morgan fingerprint density at radius 2 is 1.81 bits per heavy atom. The third-order valence-corrected chi connectivity index (χ3v) is 5.95. The lowest BCUT2D eigenvalue weighted by molar-refractivity contribution is 0.752. The Balaban J connectivity index is 1.79. The van der Waals surface area contributed by atoms with Gasteiger partial charge in [0.25, 0.3) is 0 Å². The van der Waals surface area contributed by atoms with Crippen molar-refractivity contribution in [2.75, 3.05) is 4.90 Å². The van der Waals surface area contributed by atoms with Crippen molar-refractivity contribution < 1.29 is 0 Å².